The Bertz CT molecular complexity index is 566. The van der Waals surface area contributed by atoms with Crippen molar-refractivity contribution < 1.29 is 0 Å². The van der Waals surface area contributed by atoms with Crippen molar-refractivity contribution in [2.45, 2.75) is 37.6 Å². The highest BCUT2D eigenvalue weighted by atomic mass is 35.5. The second kappa shape index (κ2) is 7.06. The number of benzene rings is 1. The van der Waals surface area contributed by atoms with Crippen molar-refractivity contribution in [3.8, 4) is 0 Å². The van der Waals surface area contributed by atoms with E-state index in [1.165, 1.54) is 24.0 Å². The molecule has 1 aromatic carbocycles. The fourth-order valence-corrected chi connectivity index (χ4v) is 2.86. The van der Waals surface area contributed by atoms with Crippen LogP contribution in [0, 0.1) is 0 Å². The largest absolute Gasteiger partial charge is 0.313 e. The summed E-state index contributed by atoms with van der Waals surface area (Å²) in [5.74, 6) is 0.538. The molecule has 110 valence electrons. The Morgan fingerprint density at radius 3 is 2.71 bits per heavy atom. The smallest absolute Gasteiger partial charge is 0.0621 e. The monoisotopic (exact) mass is 300 g/mol. The van der Waals surface area contributed by atoms with Crippen molar-refractivity contribution in [1.29, 1.82) is 0 Å². The van der Waals surface area contributed by atoms with E-state index < -0.39 is 0 Å². The molecule has 1 saturated carbocycles. The third-order valence-electron chi connectivity index (χ3n) is 4.12. The van der Waals surface area contributed by atoms with Gasteiger partial charge in [-0.1, -0.05) is 41.9 Å². The molecule has 0 aliphatic heterocycles. The van der Waals surface area contributed by atoms with Gasteiger partial charge in [0.05, 0.1) is 5.02 Å². The minimum atomic E-state index is 0.538. The molecule has 1 aliphatic carbocycles. The number of nitrogens with zero attached hydrogens (tertiary/aromatic N) is 1. The summed E-state index contributed by atoms with van der Waals surface area (Å²) in [6.45, 7) is 1.05. The number of aromatic nitrogens is 1. The van der Waals surface area contributed by atoms with Gasteiger partial charge in [-0.2, -0.15) is 0 Å². The summed E-state index contributed by atoms with van der Waals surface area (Å²) in [5.41, 5.74) is 2.61. The third kappa shape index (κ3) is 4.29. The lowest BCUT2D eigenvalue weighted by Gasteiger charge is -2.18. The fraction of sp³-hybridized carbons (Fsp3) is 0.389. The summed E-state index contributed by atoms with van der Waals surface area (Å²) in [4.78, 5) is 4.05. The molecule has 1 atom stereocenters. The lowest BCUT2D eigenvalue weighted by atomic mass is 9.92. The number of aryl methyl sites for hydroxylation is 1. The maximum Gasteiger partial charge on any atom is 0.0621 e. The number of nitrogens with one attached hydrogen (secondary N) is 1. The Labute approximate surface area is 131 Å². The first-order valence-corrected chi connectivity index (χ1v) is 8.07. The molecule has 1 unspecified atom stereocenters. The van der Waals surface area contributed by atoms with E-state index in [1.54, 1.807) is 6.20 Å². The van der Waals surface area contributed by atoms with Gasteiger partial charge in [0.2, 0.25) is 0 Å². The Morgan fingerprint density at radius 1 is 1.19 bits per heavy atom. The quantitative estimate of drug-likeness (QED) is 0.829. The summed E-state index contributed by atoms with van der Waals surface area (Å²) >= 11 is 6.21. The van der Waals surface area contributed by atoms with E-state index in [0.29, 0.717) is 5.92 Å². The Kier molecular flexibility index (Phi) is 4.89. The second-order valence-corrected chi connectivity index (χ2v) is 6.20. The highest BCUT2D eigenvalue weighted by Crippen LogP contribution is 2.26. The maximum absolute atomic E-state index is 6.21. The molecule has 1 aliphatic rings. The van der Waals surface area contributed by atoms with Crippen molar-refractivity contribution in [2.75, 3.05) is 6.54 Å². The van der Waals surface area contributed by atoms with E-state index in [0.717, 1.165) is 30.5 Å². The van der Waals surface area contributed by atoms with Crippen LogP contribution in [0.4, 0.5) is 0 Å². The average Bonchev–Trinajstić information content (AvgIpc) is 3.34. The molecule has 2 aromatic rings. The van der Waals surface area contributed by atoms with Crippen LogP contribution in [0.25, 0.3) is 0 Å². The van der Waals surface area contributed by atoms with Crippen LogP contribution in [0.15, 0.2) is 48.8 Å². The molecule has 0 radical (unpaired) electrons. The van der Waals surface area contributed by atoms with Crippen LogP contribution in [-0.4, -0.2) is 17.6 Å². The Hall–Kier alpha value is -1.38. The van der Waals surface area contributed by atoms with Crippen LogP contribution in [-0.2, 0) is 6.42 Å². The van der Waals surface area contributed by atoms with E-state index in [2.05, 4.69) is 40.6 Å². The molecule has 0 spiro atoms. The topological polar surface area (TPSA) is 24.9 Å². The predicted molar refractivity (Wildman–Crippen MR) is 87.8 cm³/mol. The van der Waals surface area contributed by atoms with Gasteiger partial charge in [-0.25, -0.2) is 0 Å². The summed E-state index contributed by atoms with van der Waals surface area (Å²) in [6, 6.07) is 13.6. The predicted octanol–water partition coefficient (Wildman–Crippen LogP) is 4.20. The van der Waals surface area contributed by atoms with E-state index in [-0.39, 0.29) is 0 Å². The molecule has 3 heteroatoms. The Balaban J connectivity index is 1.65. The lowest BCUT2D eigenvalue weighted by molar-refractivity contribution is 0.548. The van der Waals surface area contributed by atoms with Crippen molar-refractivity contribution in [2.24, 2.45) is 0 Å². The lowest BCUT2D eigenvalue weighted by Crippen LogP contribution is -2.24. The van der Waals surface area contributed by atoms with Crippen molar-refractivity contribution >= 4 is 11.6 Å². The van der Waals surface area contributed by atoms with Gasteiger partial charge >= 0.3 is 0 Å². The molecule has 1 aromatic heterocycles. The zero-order valence-corrected chi connectivity index (χ0v) is 12.9. The molecule has 1 N–H and O–H groups in total. The zero-order chi connectivity index (χ0) is 14.5. The normalized spacial score (nSPS) is 15.9. The minimum Gasteiger partial charge on any atom is -0.313 e. The Morgan fingerprint density at radius 2 is 2.00 bits per heavy atom. The minimum absolute atomic E-state index is 0.538. The van der Waals surface area contributed by atoms with Crippen molar-refractivity contribution in [3.05, 3.63) is 64.9 Å². The van der Waals surface area contributed by atoms with Gasteiger partial charge in [-0.05, 0) is 48.8 Å². The number of rotatable bonds is 7. The van der Waals surface area contributed by atoms with Crippen LogP contribution >= 0.6 is 11.6 Å². The second-order valence-electron chi connectivity index (χ2n) is 5.80. The first-order valence-electron chi connectivity index (χ1n) is 7.69. The molecule has 21 heavy (non-hydrogen) atoms. The summed E-state index contributed by atoms with van der Waals surface area (Å²) in [5, 5.41) is 4.44. The summed E-state index contributed by atoms with van der Waals surface area (Å²) in [7, 11) is 0. The average molecular weight is 301 g/mol. The molecule has 1 fully saturated rings. The number of hydrogen-bond acceptors (Lipinski definition) is 2. The third-order valence-corrected chi connectivity index (χ3v) is 4.46. The van der Waals surface area contributed by atoms with Crippen LogP contribution in [0.1, 0.15) is 36.3 Å². The van der Waals surface area contributed by atoms with Crippen LogP contribution in [0.5, 0.6) is 0 Å². The van der Waals surface area contributed by atoms with Gasteiger partial charge in [0.15, 0.2) is 0 Å². The molecule has 0 saturated heterocycles. The standard InChI is InChI=1S/C18H21ClN2/c19-18-13-20-11-10-15(18)6-7-16(12-21-17-8-9-17)14-4-2-1-3-5-14/h1-5,10-11,13,16-17,21H,6-9,12H2. The fourth-order valence-electron chi connectivity index (χ4n) is 2.64. The van der Waals surface area contributed by atoms with Crippen LogP contribution < -0.4 is 5.32 Å². The van der Waals surface area contributed by atoms with Crippen LogP contribution in [0.2, 0.25) is 5.02 Å². The number of pyridine rings is 1. The maximum atomic E-state index is 6.21. The molecule has 0 bridgehead atoms. The van der Waals surface area contributed by atoms with E-state index in [9.17, 15) is 0 Å². The molecular formula is C18H21ClN2. The zero-order valence-electron chi connectivity index (χ0n) is 12.1. The van der Waals surface area contributed by atoms with E-state index in [4.69, 9.17) is 11.6 Å². The molecular weight excluding hydrogens is 280 g/mol. The van der Waals surface area contributed by atoms with Gasteiger partial charge < -0.3 is 5.32 Å². The summed E-state index contributed by atoms with van der Waals surface area (Å²) in [6.07, 6.45) is 8.31. The van der Waals surface area contributed by atoms with E-state index in [1.807, 2.05) is 12.3 Å². The van der Waals surface area contributed by atoms with Gasteiger partial charge in [0.1, 0.15) is 0 Å². The van der Waals surface area contributed by atoms with E-state index >= 15 is 0 Å². The summed E-state index contributed by atoms with van der Waals surface area (Å²) < 4.78 is 0. The van der Waals surface area contributed by atoms with Gasteiger partial charge in [0.25, 0.3) is 0 Å². The first kappa shape index (κ1) is 14.6. The van der Waals surface area contributed by atoms with Gasteiger partial charge in [-0.15, -0.1) is 0 Å². The van der Waals surface area contributed by atoms with Crippen LogP contribution in [0.3, 0.4) is 0 Å². The van der Waals surface area contributed by atoms with Gasteiger partial charge in [0, 0.05) is 25.0 Å². The first-order chi connectivity index (χ1) is 10.3. The van der Waals surface area contributed by atoms with Crippen molar-refractivity contribution in [1.82, 2.24) is 10.3 Å². The highest BCUT2D eigenvalue weighted by Gasteiger charge is 2.22. The molecule has 1 heterocycles. The molecule has 2 nitrogen and oxygen atoms in total. The number of hydrogen-bond donors (Lipinski definition) is 1. The van der Waals surface area contributed by atoms with Gasteiger partial charge in [-0.3, -0.25) is 4.98 Å². The SMILES string of the molecule is Clc1cnccc1CCC(CNC1CC1)c1ccccc1. The highest BCUT2D eigenvalue weighted by molar-refractivity contribution is 6.31. The molecule has 0 amide bonds. The number of halogens is 1. The molecule has 3 rings (SSSR count). The van der Waals surface area contributed by atoms with Crippen molar-refractivity contribution in [3.63, 3.8) is 0 Å².